The molecule has 9 nitrogen and oxygen atoms in total. The third-order valence-corrected chi connectivity index (χ3v) is 3.86. The topological polar surface area (TPSA) is 116 Å². The summed E-state index contributed by atoms with van der Waals surface area (Å²) >= 11 is 0. The Morgan fingerprint density at radius 3 is 2.44 bits per heavy atom. The lowest BCUT2D eigenvalue weighted by Gasteiger charge is -2.14. The lowest BCUT2D eigenvalue weighted by Crippen LogP contribution is -2.38. The van der Waals surface area contributed by atoms with Crippen LogP contribution in [0.4, 0.5) is 11.8 Å². The van der Waals surface area contributed by atoms with Gasteiger partial charge in [-0.1, -0.05) is 52.5 Å². The summed E-state index contributed by atoms with van der Waals surface area (Å²) in [6.07, 6.45) is 7.13. The smallest absolute Gasteiger partial charge is 0.246 e. The number of nitrogens with two attached hydrogens (primary N) is 1. The molecular weight excluding hydrogens is 430 g/mol. The van der Waals surface area contributed by atoms with Crippen molar-refractivity contribution in [3.8, 4) is 11.8 Å². The van der Waals surface area contributed by atoms with Crippen LogP contribution in [0, 0.1) is 11.8 Å². The molecule has 0 unspecified atom stereocenters. The van der Waals surface area contributed by atoms with E-state index in [4.69, 9.17) is 5.73 Å². The van der Waals surface area contributed by atoms with Crippen LogP contribution < -0.4 is 16.4 Å². The molecule has 0 aliphatic heterocycles. The van der Waals surface area contributed by atoms with Gasteiger partial charge in [0.25, 0.3) is 0 Å². The molecule has 0 bridgehead atoms. The molecule has 0 aliphatic carbocycles. The van der Waals surface area contributed by atoms with Crippen molar-refractivity contribution in [2.45, 2.75) is 53.9 Å². The van der Waals surface area contributed by atoms with E-state index in [1.807, 2.05) is 46.7 Å². The summed E-state index contributed by atoms with van der Waals surface area (Å²) in [5.74, 6) is 6.55. The van der Waals surface area contributed by atoms with Crippen molar-refractivity contribution in [3.63, 3.8) is 0 Å². The highest BCUT2D eigenvalue weighted by Gasteiger charge is 2.09. The maximum atomic E-state index is 12.0. The van der Waals surface area contributed by atoms with Gasteiger partial charge in [0.2, 0.25) is 17.8 Å². The lowest BCUT2D eigenvalue weighted by molar-refractivity contribution is -0.131. The first-order valence-electron chi connectivity index (χ1n) is 12.0. The van der Waals surface area contributed by atoms with Crippen molar-refractivity contribution < 1.29 is 9.59 Å². The largest absolute Gasteiger partial charge is 0.369 e. The molecule has 34 heavy (non-hydrogen) atoms. The first-order valence-corrected chi connectivity index (χ1v) is 12.0. The van der Waals surface area contributed by atoms with Gasteiger partial charge in [-0.2, -0.15) is 4.98 Å². The van der Waals surface area contributed by atoms with Crippen LogP contribution >= 0.6 is 0 Å². The average Bonchev–Trinajstić information content (AvgIpc) is 2.83. The number of nitrogens with zero attached hydrogens (tertiary/aromatic N) is 4. The fraction of sp³-hybridized carbons (Fsp3) is 0.600. The number of aromatic nitrogens is 2. The summed E-state index contributed by atoms with van der Waals surface area (Å²) in [7, 11) is 5.44. The Labute approximate surface area is 206 Å². The zero-order valence-electron chi connectivity index (χ0n) is 22.4. The quantitative estimate of drug-likeness (QED) is 0.256. The Bertz CT molecular complexity index is 783. The van der Waals surface area contributed by atoms with E-state index in [1.54, 1.807) is 19.3 Å². The highest BCUT2D eigenvalue weighted by Crippen LogP contribution is 2.11. The van der Waals surface area contributed by atoms with E-state index in [-0.39, 0.29) is 24.3 Å². The third-order valence-electron chi connectivity index (χ3n) is 3.86. The highest BCUT2D eigenvalue weighted by molar-refractivity contribution is 5.91. The minimum Gasteiger partial charge on any atom is -0.369 e. The number of rotatable bonds is 11. The molecular formula is C25H45N7O2. The Balaban J connectivity index is 0. The van der Waals surface area contributed by atoms with Crippen molar-refractivity contribution in [2.75, 3.05) is 58.4 Å². The van der Waals surface area contributed by atoms with Crippen LogP contribution in [-0.2, 0) is 9.59 Å². The van der Waals surface area contributed by atoms with E-state index in [1.165, 1.54) is 11.0 Å². The number of hydrogen-bond acceptors (Lipinski definition) is 7. The standard InChI is InChI=1S/C21H33N7O2.2C2H6/c1-5-12-24-20-17(15-25-21(22)26-20)10-7-6-8-13-23-18(29)16-28(4)19(30)11-9-14-27(2)3;2*1-2/h9,11,15H,5-6,8,12-14,16H2,1-4H3,(H,23,29)(H3,22,24,25,26);2*1-2H3/b11-9+;;. The van der Waals surface area contributed by atoms with Crippen LogP contribution in [-0.4, -0.2) is 78.9 Å². The number of carbonyl (C=O) groups excluding carboxylic acids is 2. The minimum absolute atomic E-state index is 0.0199. The van der Waals surface area contributed by atoms with Crippen LogP contribution in [0.5, 0.6) is 0 Å². The summed E-state index contributed by atoms with van der Waals surface area (Å²) < 4.78 is 0. The van der Waals surface area contributed by atoms with Gasteiger partial charge in [-0.3, -0.25) is 9.59 Å². The number of amides is 2. The van der Waals surface area contributed by atoms with Crippen molar-refractivity contribution in [1.82, 2.24) is 25.1 Å². The van der Waals surface area contributed by atoms with Gasteiger partial charge in [-0.05, 0) is 26.9 Å². The highest BCUT2D eigenvalue weighted by atomic mass is 16.2. The number of hydrogen-bond donors (Lipinski definition) is 3. The molecule has 0 aromatic carbocycles. The third kappa shape index (κ3) is 16.5. The second kappa shape index (κ2) is 21.7. The predicted molar refractivity (Wildman–Crippen MR) is 142 cm³/mol. The molecule has 0 atom stereocenters. The van der Waals surface area contributed by atoms with Gasteiger partial charge in [0.1, 0.15) is 5.82 Å². The fourth-order valence-electron chi connectivity index (χ4n) is 2.27. The number of anilines is 2. The summed E-state index contributed by atoms with van der Waals surface area (Å²) in [6.45, 7) is 12.0. The molecule has 0 saturated heterocycles. The summed E-state index contributed by atoms with van der Waals surface area (Å²) in [4.78, 5) is 35.4. The zero-order valence-corrected chi connectivity index (χ0v) is 22.4. The van der Waals surface area contributed by atoms with Crippen molar-refractivity contribution in [3.05, 3.63) is 23.9 Å². The molecule has 1 heterocycles. The zero-order chi connectivity index (χ0) is 26.4. The van der Waals surface area contributed by atoms with Crippen molar-refractivity contribution >= 4 is 23.6 Å². The first kappa shape index (κ1) is 33.1. The first-order chi connectivity index (χ1) is 16.3. The van der Waals surface area contributed by atoms with Gasteiger partial charge in [-0.15, -0.1) is 0 Å². The Morgan fingerprint density at radius 1 is 1.15 bits per heavy atom. The molecule has 9 heteroatoms. The van der Waals surface area contributed by atoms with E-state index in [9.17, 15) is 9.59 Å². The average molecular weight is 476 g/mol. The van der Waals surface area contributed by atoms with E-state index >= 15 is 0 Å². The summed E-state index contributed by atoms with van der Waals surface area (Å²) in [5, 5.41) is 5.99. The number of likely N-dealkylation sites (N-methyl/N-ethyl adjacent to an activating group) is 2. The predicted octanol–water partition coefficient (Wildman–Crippen LogP) is 2.76. The maximum Gasteiger partial charge on any atom is 0.246 e. The van der Waals surface area contributed by atoms with Crippen LogP contribution in [0.25, 0.3) is 0 Å². The maximum absolute atomic E-state index is 12.0. The van der Waals surface area contributed by atoms with Crippen LogP contribution in [0.3, 0.4) is 0 Å². The van der Waals surface area contributed by atoms with Gasteiger partial charge < -0.3 is 26.2 Å². The number of nitrogens with one attached hydrogen (secondary N) is 2. The van der Waals surface area contributed by atoms with Gasteiger partial charge in [0.15, 0.2) is 0 Å². The van der Waals surface area contributed by atoms with Crippen LogP contribution in [0.15, 0.2) is 18.3 Å². The summed E-state index contributed by atoms with van der Waals surface area (Å²) in [6, 6.07) is 0. The van der Waals surface area contributed by atoms with Gasteiger partial charge in [0.05, 0.1) is 18.3 Å². The van der Waals surface area contributed by atoms with Crippen molar-refractivity contribution in [2.24, 2.45) is 0 Å². The Kier molecular flexibility index (Phi) is 21.1. The molecule has 0 fully saturated rings. The Morgan fingerprint density at radius 2 is 1.82 bits per heavy atom. The molecule has 0 aliphatic rings. The molecule has 1 rings (SSSR count). The van der Waals surface area contributed by atoms with E-state index < -0.39 is 0 Å². The van der Waals surface area contributed by atoms with Gasteiger partial charge >= 0.3 is 0 Å². The second-order valence-corrected chi connectivity index (χ2v) is 7.03. The molecule has 1 aromatic rings. The SMILES string of the molecule is CC.CC.CCCNc1nc(N)ncc1C#CCCCNC(=O)CN(C)C(=O)/C=C/CN(C)C. The molecule has 4 N–H and O–H groups in total. The molecule has 0 saturated carbocycles. The van der Waals surface area contributed by atoms with E-state index in [0.29, 0.717) is 37.3 Å². The number of unbranched alkanes of at least 4 members (excludes halogenated alkanes) is 1. The monoisotopic (exact) mass is 475 g/mol. The van der Waals surface area contributed by atoms with Crippen molar-refractivity contribution in [1.29, 1.82) is 0 Å². The molecule has 0 spiro atoms. The van der Waals surface area contributed by atoms with E-state index in [0.717, 1.165) is 13.0 Å². The minimum atomic E-state index is -0.198. The number of nitrogen functional groups attached to an aromatic ring is 1. The van der Waals surface area contributed by atoms with Crippen LogP contribution in [0.1, 0.15) is 59.4 Å². The molecule has 0 radical (unpaired) electrons. The second-order valence-electron chi connectivity index (χ2n) is 7.03. The van der Waals surface area contributed by atoms with E-state index in [2.05, 4.69) is 39.4 Å². The molecule has 1 aromatic heterocycles. The normalized spacial score (nSPS) is 9.68. The number of carbonyl (C=O) groups is 2. The fourth-order valence-corrected chi connectivity index (χ4v) is 2.27. The van der Waals surface area contributed by atoms with Gasteiger partial charge in [0, 0.05) is 39.2 Å². The Hall–Kier alpha value is -3.12. The van der Waals surface area contributed by atoms with Gasteiger partial charge in [-0.25, -0.2) is 4.98 Å². The lowest BCUT2D eigenvalue weighted by atomic mass is 10.2. The molecule has 192 valence electrons. The summed E-state index contributed by atoms with van der Waals surface area (Å²) in [5.41, 5.74) is 6.33. The van der Waals surface area contributed by atoms with Crippen LogP contribution in [0.2, 0.25) is 0 Å². The molecule has 2 amide bonds.